The van der Waals surface area contributed by atoms with Gasteiger partial charge in [-0.3, -0.25) is 4.79 Å². The number of anilines is 1. The lowest BCUT2D eigenvalue weighted by atomic mass is 10.1. The van der Waals surface area contributed by atoms with Crippen LogP contribution in [0.15, 0.2) is 52.3 Å². The van der Waals surface area contributed by atoms with Crippen molar-refractivity contribution in [3.05, 3.63) is 53.1 Å². The van der Waals surface area contributed by atoms with Gasteiger partial charge in [0.05, 0.1) is 4.90 Å². The Morgan fingerprint density at radius 1 is 1.15 bits per heavy atom. The number of nitrogens with one attached hydrogen (secondary N) is 1. The summed E-state index contributed by atoms with van der Waals surface area (Å²) in [6.07, 6.45) is 2.09. The number of halogens is 1. The lowest BCUT2D eigenvalue weighted by Crippen LogP contribution is -2.31. The molecule has 0 bridgehead atoms. The summed E-state index contributed by atoms with van der Waals surface area (Å²) in [6, 6.07) is 11.8. The Morgan fingerprint density at radius 2 is 1.93 bits per heavy atom. The third-order valence-corrected chi connectivity index (χ3v) is 7.69. The number of nitrogens with zero attached hydrogens (tertiary/aromatic N) is 1. The minimum atomic E-state index is -3.68. The number of sulfonamides is 1. The highest BCUT2D eigenvalue weighted by Crippen LogP contribution is 2.38. The number of hydrogen-bond donors (Lipinski definition) is 1. The van der Waals surface area contributed by atoms with Crippen molar-refractivity contribution in [1.29, 1.82) is 0 Å². The van der Waals surface area contributed by atoms with Crippen molar-refractivity contribution in [3.8, 4) is 0 Å². The minimum Gasteiger partial charge on any atom is -0.312 e. The fourth-order valence-electron chi connectivity index (χ4n) is 3.47. The first-order chi connectivity index (χ1) is 12.9. The molecule has 0 aliphatic carbocycles. The SMILES string of the molecule is O=C1CCCN1c1ccc(S(=O)(=O)NC2CCSc3ccc(Cl)cc32)cc1. The van der Waals surface area contributed by atoms with Crippen molar-refractivity contribution >= 4 is 45.0 Å². The highest BCUT2D eigenvalue weighted by Gasteiger charge is 2.27. The average molecular weight is 423 g/mol. The predicted octanol–water partition coefficient (Wildman–Crippen LogP) is 3.98. The summed E-state index contributed by atoms with van der Waals surface area (Å²) in [7, 11) is -3.68. The Balaban J connectivity index is 1.56. The van der Waals surface area contributed by atoms with Gasteiger partial charge in [-0.15, -0.1) is 11.8 Å². The fraction of sp³-hybridized carbons (Fsp3) is 0.316. The van der Waals surface area contributed by atoms with Gasteiger partial charge in [0.1, 0.15) is 0 Å². The van der Waals surface area contributed by atoms with Crippen LogP contribution in [0.1, 0.15) is 30.9 Å². The maximum Gasteiger partial charge on any atom is 0.241 e. The van der Waals surface area contributed by atoms with E-state index in [1.54, 1.807) is 40.9 Å². The lowest BCUT2D eigenvalue weighted by molar-refractivity contribution is -0.117. The van der Waals surface area contributed by atoms with E-state index in [-0.39, 0.29) is 16.8 Å². The van der Waals surface area contributed by atoms with E-state index in [2.05, 4.69) is 4.72 Å². The number of amides is 1. The smallest absolute Gasteiger partial charge is 0.241 e. The van der Waals surface area contributed by atoms with Crippen LogP contribution in [0.3, 0.4) is 0 Å². The summed E-state index contributed by atoms with van der Waals surface area (Å²) in [4.78, 5) is 14.8. The van der Waals surface area contributed by atoms with Crippen LogP contribution in [0, 0.1) is 0 Å². The Kier molecular flexibility index (Phi) is 5.20. The molecule has 0 aromatic heterocycles. The molecular formula is C19H19ClN2O3S2. The molecule has 5 nitrogen and oxygen atoms in total. The molecule has 8 heteroatoms. The molecule has 1 saturated heterocycles. The van der Waals surface area contributed by atoms with E-state index in [0.29, 0.717) is 24.4 Å². The molecule has 2 aromatic carbocycles. The zero-order chi connectivity index (χ0) is 19.0. The highest BCUT2D eigenvalue weighted by molar-refractivity contribution is 7.99. The van der Waals surface area contributed by atoms with Crippen LogP contribution < -0.4 is 9.62 Å². The van der Waals surface area contributed by atoms with Gasteiger partial charge in [-0.1, -0.05) is 11.6 Å². The maximum atomic E-state index is 12.9. The molecule has 2 heterocycles. The number of carbonyl (C=O) groups is 1. The van der Waals surface area contributed by atoms with E-state index in [1.165, 1.54) is 0 Å². The minimum absolute atomic E-state index is 0.0805. The monoisotopic (exact) mass is 422 g/mol. The van der Waals surface area contributed by atoms with Crippen LogP contribution in [0.2, 0.25) is 5.02 Å². The van der Waals surface area contributed by atoms with Crippen molar-refractivity contribution < 1.29 is 13.2 Å². The van der Waals surface area contributed by atoms with Crippen molar-refractivity contribution in [1.82, 2.24) is 4.72 Å². The molecule has 1 amide bonds. The number of thioether (sulfide) groups is 1. The van der Waals surface area contributed by atoms with E-state index >= 15 is 0 Å². The van der Waals surface area contributed by atoms with E-state index in [0.717, 1.165) is 28.3 Å². The van der Waals surface area contributed by atoms with Gasteiger partial charge in [0.2, 0.25) is 15.9 Å². The first-order valence-electron chi connectivity index (χ1n) is 8.79. The van der Waals surface area contributed by atoms with Crippen LogP contribution >= 0.6 is 23.4 Å². The molecule has 0 spiro atoms. The van der Waals surface area contributed by atoms with Gasteiger partial charge in [0.15, 0.2) is 0 Å². The molecule has 1 N–H and O–H groups in total. The molecule has 0 radical (unpaired) electrons. The summed E-state index contributed by atoms with van der Waals surface area (Å²) >= 11 is 7.81. The van der Waals surface area contributed by atoms with Gasteiger partial charge in [0.25, 0.3) is 0 Å². The van der Waals surface area contributed by atoms with Gasteiger partial charge in [-0.25, -0.2) is 13.1 Å². The van der Waals surface area contributed by atoms with Gasteiger partial charge < -0.3 is 4.90 Å². The van der Waals surface area contributed by atoms with Crippen molar-refractivity contribution in [2.75, 3.05) is 17.2 Å². The largest absolute Gasteiger partial charge is 0.312 e. The van der Waals surface area contributed by atoms with Crippen LogP contribution in [0.5, 0.6) is 0 Å². The molecule has 4 rings (SSSR count). The zero-order valence-corrected chi connectivity index (χ0v) is 16.9. The maximum absolute atomic E-state index is 12.9. The van der Waals surface area contributed by atoms with Gasteiger partial charge in [0, 0.05) is 34.6 Å². The number of rotatable bonds is 4. The van der Waals surface area contributed by atoms with Gasteiger partial charge >= 0.3 is 0 Å². The number of hydrogen-bond acceptors (Lipinski definition) is 4. The second-order valence-corrected chi connectivity index (χ2v) is 9.92. The molecule has 1 fully saturated rings. The molecule has 27 heavy (non-hydrogen) atoms. The van der Waals surface area contributed by atoms with E-state index in [9.17, 15) is 13.2 Å². The van der Waals surface area contributed by atoms with Gasteiger partial charge in [-0.05, 0) is 66.6 Å². The normalized spacial score (nSPS) is 20.0. The standard InChI is InChI=1S/C19H19ClN2O3S2/c20-13-3-8-18-16(12-13)17(9-11-26-18)21-27(24,25)15-6-4-14(5-7-15)22-10-1-2-19(22)23/h3-8,12,17,21H,1-2,9-11H2. The zero-order valence-electron chi connectivity index (χ0n) is 14.5. The quantitative estimate of drug-likeness (QED) is 0.809. The number of benzene rings is 2. The summed E-state index contributed by atoms with van der Waals surface area (Å²) in [5.74, 6) is 0.926. The lowest BCUT2D eigenvalue weighted by Gasteiger charge is -2.26. The summed E-state index contributed by atoms with van der Waals surface area (Å²) in [6.45, 7) is 0.681. The molecule has 0 saturated carbocycles. The molecule has 142 valence electrons. The summed E-state index contributed by atoms with van der Waals surface area (Å²) < 4.78 is 28.5. The third kappa shape index (κ3) is 3.87. The first kappa shape index (κ1) is 18.8. The van der Waals surface area contributed by atoms with Crippen LogP contribution in [0.25, 0.3) is 0 Å². The Labute approximate surface area is 168 Å². The number of carbonyl (C=O) groups excluding carboxylic acids is 1. The molecule has 1 unspecified atom stereocenters. The van der Waals surface area contributed by atoms with Crippen LogP contribution in [-0.4, -0.2) is 26.6 Å². The van der Waals surface area contributed by atoms with Crippen molar-refractivity contribution in [2.45, 2.75) is 35.1 Å². The predicted molar refractivity (Wildman–Crippen MR) is 108 cm³/mol. The van der Waals surface area contributed by atoms with Gasteiger partial charge in [-0.2, -0.15) is 0 Å². The van der Waals surface area contributed by atoms with Crippen LogP contribution in [0.4, 0.5) is 5.69 Å². The summed E-state index contributed by atoms with van der Waals surface area (Å²) in [5, 5.41) is 0.597. The molecule has 2 aromatic rings. The topological polar surface area (TPSA) is 66.5 Å². The Hall–Kier alpha value is -1.54. The molecule has 1 atom stereocenters. The second-order valence-electron chi connectivity index (χ2n) is 6.64. The van der Waals surface area contributed by atoms with E-state index in [1.807, 2.05) is 18.2 Å². The second kappa shape index (κ2) is 7.47. The molecule has 2 aliphatic heterocycles. The van der Waals surface area contributed by atoms with Crippen LogP contribution in [-0.2, 0) is 14.8 Å². The fourth-order valence-corrected chi connectivity index (χ4v) is 6.01. The van der Waals surface area contributed by atoms with E-state index < -0.39 is 10.0 Å². The molecular weight excluding hydrogens is 404 g/mol. The van der Waals surface area contributed by atoms with E-state index in [4.69, 9.17) is 11.6 Å². The highest BCUT2D eigenvalue weighted by atomic mass is 35.5. The summed E-state index contributed by atoms with van der Waals surface area (Å²) in [5.41, 5.74) is 1.66. The Morgan fingerprint density at radius 3 is 2.63 bits per heavy atom. The molecule has 2 aliphatic rings. The van der Waals surface area contributed by atoms with Crippen molar-refractivity contribution in [3.63, 3.8) is 0 Å². The Bertz CT molecular complexity index is 977. The number of fused-ring (bicyclic) bond motifs is 1. The van der Waals surface area contributed by atoms with Crippen molar-refractivity contribution in [2.24, 2.45) is 0 Å². The third-order valence-electron chi connectivity index (χ3n) is 4.84. The first-order valence-corrected chi connectivity index (χ1v) is 11.6. The average Bonchev–Trinajstić information content (AvgIpc) is 3.08.